The van der Waals surface area contributed by atoms with Gasteiger partial charge in [-0.25, -0.2) is 4.68 Å². The Balaban J connectivity index is 1.67. The number of halogens is 3. The van der Waals surface area contributed by atoms with Gasteiger partial charge in [-0.05, 0) is 18.2 Å². The van der Waals surface area contributed by atoms with Gasteiger partial charge in [0.05, 0.1) is 32.2 Å². The monoisotopic (exact) mass is 420 g/mol. The van der Waals surface area contributed by atoms with Crippen LogP contribution in [0.2, 0.25) is 0 Å². The van der Waals surface area contributed by atoms with E-state index in [9.17, 15) is 18.0 Å². The predicted octanol–water partition coefficient (Wildman–Crippen LogP) is 4.08. The van der Waals surface area contributed by atoms with Crippen LogP contribution in [0.25, 0.3) is 0 Å². The molecule has 4 rings (SSSR count). The van der Waals surface area contributed by atoms with E-state index in [-0.39, 0.29) is 24.3 Å². The number of carbonyl (C=O) groups is 1. The molecule has 3 aromatic rings. The first-order valence-electron chi connectivity index (χ1n) is 9.22. The number of carbonyl (C=O) groups excluding carboxylic acids is 1. The van der Waals surface area contributed by atoms with Gasteiger partial charge >= 0.3 is 6.18 Å². The molecular formula is C20H19F3N4O3. The van der Waals surface area contributed by atoms with Crippen molar-refractivity contribution in [1.82, 2.24) is 15.1 Å². The Morgan fingerprint density at radius 1 is 1.33 bits per heavy atom. The number of nitrogens with one attached hydrogen (secondary N) is 2. The van der Waals surface area contributed by atoms with E-state index in [0.29, 0.717) is 17.1 Å². The van der Waals surface area contributed by atoms with E-state index < -0.39 is 24.2 Å². The van der Waals surface area contributed by atoms with Crippen LogP contribution in [0.5, 0.6) is 5.75 Å². The SMILES string of the molecule is COc1ccccc1[C@H]1C[C@H](C(F)(F)F)n2ncc(C(=O)NCc3ccco3)c2N1. The summed E-state index contributed by atoms with van der Waals surface area (Å²) in [4.78, 5) is 12.6. The average Bonchev–Trinajstić information content (AvgIpc) is 3.40. The van der Waals surface area contributed by atoms with E-state index >= 15 is 0 Å². The quantitative estimate of drug-likeness (QED) is 0.650. The van der Waals surface area contributed by atoms with E-state index in [1.807, 2.05) is 0 Å². The van der Waals surface area contributed by atoms with Crippen molar-refractivity contribution in [3.63, 3.8) is 0 Å². The first-order chi connectivity index (χ1) is 14.4. The van der Waals surface area contributed by atoms with Crippen molar-refractivity contribution in [2.45, 2.75) is 31.2 Å². The first-order valence-corrected chi connectivity index (χ1v) is 9.22. The Labute approximate surface area is 169 Å². The number of alkyl halides is 3. The molecule has 0 aliphatic carbocycles. The van der Waals surface area contributed by atoms with Crippen molar-refractivity contribution in [2.24, 2.45) is 0 Å². The highest BCUT2D eigenvalue weighted by Gasteiger charge is 2.47. The number of nitrogens with zero attached hydrogens (tertiary/aromatic N) is 2. The van der Waals surface area contributed by atoms with Gasteiger partial charge in [-0.2, -0.15) is 18.3 Å². The number of methoxy groups -OCH3 is 1. The molecule has 7 nitrogen and oxygen atoms in total. The summed E-state index contributed by atoms with van der Waals surface area (Å²) in [6.07, 6.45) is -2.21. The maximum absolute atomic E-state index is 13.8. The molecule has 2 N–H and O–H groups in total. The van der Waals surface area contributed by atoms with Crippen LogP contribution in [0.3, 0.4) is 0 Å². The lowest BCUT2D eigenvalue weighted by Crippen LogP contribution is -2.36. The van der Waals surface area contributed by atoms with Gasteiger partial charge in [0.1, 0.15) is 22.9 Å². The number of para-hydroxylation sites is 1. The summed E-state index contributed by atoms with van der Waals surface area (Å²) in [6.45, 7) is 0.106. The maximum Gasteiger partial charge on any atom is 0.410 e. The molecule has 0 saturated heterocycles. The Hall–Kier alpha value is -3.43. The summed E-state index contributed by atoms with van der Waals surface area (Å²) in [7, 11) is 1.46. The largest absolute Gasteiger partial charge is 0.496 e. The lowest BCUT2D eigenvalue weighted by molar-refractivity contribution is -0.173. The molecule has 1 amide bonds. The minimum atomic E-state index is -4.54. The van der Waals surface area contributed by atoms with Crippen molar-refractivity contribution in [3.8, 4) is 5.75 Å². The molecule has 1 aliphatic rings. The summed E-state index contributed by atoms with van der Waals surface area (Å²) in [5, 5.41) is 9.55. The topological polar surface area (TPSA) is 81.3 Å². The first kappa shape index (κ1) is 19.9. The number of anilines is 1. The van der Waals surface area contributed by atoms with Crippen LogP contribution in [0.15, 0.2) is 53.3 Å². The summed E-state index contributed by atoms with van der Waals surface area (Å²) in [5.41, 5.74) is 0.596. The van der Waals surface area contributed by atoms with Crippen molar-refractivity contribution >= 4 is 11.7 Å². The maximum atomic E-state index is 13.8. The average molecular weight is 420 g/mol. The molecule has 1 aromatic carbocycles. The molecule has 0 unspecified atom stereocenters. The summed E-state index contributed by atoms with van der Waals surface area (Å²) < 4.78 is 52.7. The summed E-state index contributed by atoms with van der Waals surface area (Å²) in [6, 6.07) is 7.62. The number of aromatic nitrogens is 2. The van der Waals surface area contributed by atoms with E-state index in [2.05, 4.69) is 15.7 Å². The van der Waals surface area contributed by atoms with Crippen LogP contribution in [-0.2, 0) is 6.54 Å². The Bertz CT molecular complexity index is 1030. The van der Waals surface area contributed by atoms with E-state index in [4.69, 9.17) is 9.15 Å². The molecule has 0 radical (unpaired) electrons. The third-order valence-corrected chi connectivity index (χ3v) is 5.00. The van der Waals surface area contributed by atoms with E-state index in [0.717, 1.165) is 10.9 Å². The van der Waals surface area contributed by atoms with Crippen LogP contribution in [0, 0.1) is 0 Å². The second kappa shape index (κ2) is 7.77. The Morgan fingerprint density at radius 3 is 2.83 bits per heavy atom. The van der Waals surface area contributed by atoms with Crippen LogP contribution >= 0.6 is 0 Å². The molecule has 0 fully saturated rings. The smallest absolute Gasteiger partial charge is 0.410 e. The minimum absolute atomic E-state index is 0.0106. The molecule has 1 aliphatic heterocycles. The molecule has 2 atom stereocenters. The molecular weight excluding hydrogens is 401 g/mol. The molecule has 2 aromatic heterocycles. The van der Waals surface area contributed by atoms with Gasteiger partial charge in [0.2, 0.25) is 0 Å². The summed E-state index contributed by atoms with van der Waals surface area (Å²) in [5.74, 6) is 0.447. The number of benzene rings is 1. The van der Waals surface area contributed by atoms with Crippen molar-refractivity contribution < 1.29 is 27.1 Å². The summed E-state index contributed by atoms with van der Waals surface area (Å²) >= 11 is 0. The number of hydrogen-bond donors (Lipinski definition) is 2. The van der Waals surface area contributed by atoms with Crippen LogP contribution in [0.4, 0.5) is 19.0 Å². The van der Waals surface area contributed by atoms with E-state index in [1.165, 1.54) is 13.4 Å². The van der Waals surface area contributed by atoms with Gasteiger partial charge in [0.15, 0.2) is 6.04 Å². The number of fused-ring (bicyclic) bond motifs is 1. The van der Waals surface area contributed by atoms with Crippen LogP contribution in [0.1, 0.15) is 40.2 Å². The molecule has 30 heavy (non-hydrogen) atoms. The van der Waals surface area contributed by atoms with Crippen molar-refractivity contribution in [1.29, 1.82) is 0 Å². The third-order valence-electron chi connectivity index (χ3n) is 5.00. The molecule has 10 heteroatoms. The number of amides is 1. The van der Waals surface area contributed by atoms with Crippen molar-refractivity contribution in [2.75, 3.05) is 12.4 Å². The number of ether oxygens (including phenoxy) is 1. The molecule has 0 saturated carbocycles. The Kier molecular flexibility index (Phi) is 5.15. The fourth-order valence-electron chi connectivity index (χ4n) is 3.56. The zero-order valence-corrected chi connectivity index (χ0v) is 15.9. The van der Waals surface area contributed by atoms with Gasteiger partial charge in [0.25, 0.3) is 5.91 Å². The number of hydrogen-bond acceptors (Lipinski definition) is 5. The molecule has 3 heterocycles. The highest BCUT2D eigenvalue weighted by atomic mass is 19.4. The van der Waals surface area contributed by atoms with Gasteiger partial charge in [0, 0.05) is 12.0 Å². The lowest BCUT2D eigenvalue weighted by Gasteiger charge is -2.34. The Morgan fingerprint density at radius 2 is 2.13 bits per heavy atom. The van der Waals surface area contributed by atoms with Gasteiger partial charge in [-0.15, -0.1) is 0 Å². The highest BCUT2D eigenvalue weighted by molar-refractivity contribution is 5.98. The second-order valence-electron chi connectivity index (χ2n) is 6.85. The standard InChI is InChI=1S/C20H19F3N4O3/c1-29-16-7-3-2-6-13(16)15-9-17(20(21,22)23)27-18(26-15)14(11-25-27)19(28)24-10-12-5-4-8-30-12/h2-8,11,15,17,26H,9-10H2,1H3,(H,24,28)/t15-,17-/m1/s1. The van der Waals surface area contributed by atoms with Crippen molar-refractivity contribution in [3.05, 3.63) is 65.7 Å². The predicted molar refractivity (Wildman–Crippen MR) is 101 cm³/mol. The third kappa shape index (κ3) is 3.72. The second-order valence-corrected chi connectivity index (χ2v) is 6.85. The zero-order valence-electron chi connectivity index (χ0n) is 15.9. The van der Waals surface area contributed by atoms with E-state index in [1.54, 1.807) is 36.4 Å². The van der Waals surface area contributed by atoms with Gasteiger partial charge in [-0.1, -0.05) is 18.2 Å². The number of rotatable bonds is 5. The number of furan rings is 1. The molecule has 158 valence electrons. The minimum Gasteiger partial charge on any atom is -0.496 e. The fourth-order valence-corrected chi connectivity index (χ4v) is 3.56. The fraction of sp³-hybridized carbons (Fsp3) is 0.300. The van der Waals surface area contributed by atoms with Gasteiger partial charge < -0.3 is 19.8 Å². The van der Waals surface area contributed by atoms with Gasteiger partial charge in [-0.3, -0.25) is 4.79 Å². The molecule has 0 bridgehead atoms. The highest BCUT2D eigenvalue weighted by Crippen LogP contribution is 2.45. The molecule has 0 spiro atoms. The normalized spacial score (nSPS) is 18.4. The zero-order chi connectivity index (χ0) is 21.3. The van der Waals surface area contributed by atoms with Crippen LogP contribution < -0.4 is 15.4 Å². The lowest BCUT2D eigenvalue weighted by atomic mass is 9.95. The van der Waals surface area contributed by atoms with Crippen LogP contribution in [-0.4, -0.2) is 29.0 Å².